The Balaban J connectivity index is 1.86. The van der Waals surface area contributed by atoms with Crippen molar-refractivity contribution in [2.24, 2.45) is 0 Å². The van der Waals surface area contributed by atoms with Crippen molar-refractivity contribution in [2.45, 2.75) is 6.92 Å². The van der Waals surface area contributed by atoms with Gasteiger partial charge in [0.1, 0.15) is 5.75 Å². The minimum atomic E-state index is 0.116. The second-order valence-corrected chi connectivity index (χ2v) is 5.70. The molecule has 5 heteroatoms. The number of hydrogen-bond donors (Lipinski definition) is 1. The number of benzene rings is 1. The number of ether oxygens (including phenoxy) is 1. The van der Waals surface area contributed by atoms with E-state index in [1.54, 1.807) is 14.0 Å². The number of carbonyl (C=O) groups excluding carboxylic acids is 1. The van der Waals surface area contributed by atoms with Crippen LogP contribution in [-0.4, -0.2) is 68.6 Å². The summed E-state index contributed by atoms with van der Waals surface area (Å²) in [5.74, 6) is 0.962. The predicted octanol–water partition coefficient (Wildman–Crippen LogP) is 1.46. The zero-order valence-electron chi connectivity index (χ0n) is 14.1. The molecule has 1 saturated heterocycles. The van der Waals surface area contributed by atoms with E-state index in [1.807, 2.05) is 41.3 Å². The first-order valence-electron chi connectivity index (χ1n) is 8.19. The zero-order chi connectivity index (χ0) is 16.5. The van der Waals surface area contributed by atoms with Crippen LogP contribution in [0.1, 0.15) is 12.5 Å². The number of nitrogens with zero attached hydrogens (tertiary/aromatic N) is 2. The lowest BCUT2D eigenvalue weighted by molar-refractivity contribution is -0.128. The van der Waals surface area contributed by atoms with E-state index in [4.69, 9.17) is 4.74 Å². The van der Waals surface area contributed by atoms with E-state index in [2.05, 4.69) is 10.2 Å². The van der Waals surface area contributed by atoms with Gasteiger partial charge in [-0.2, -0.15) is 0 Å². The molecule has 0 aliphatic carbocycles. The average Bonchev–Trinajstić information content (AvgIpc) is 2.58. The fraction of sp³-hybridized carbons (Fsp3) is 0.500. The molecule has 1 N–H and O–H groups in total. The van der Waals surface area contributed by atoms with Gasteiger partial charge in [-0.1, -0.05) is 30.4 Å². The fourth-order valence-corrected chi connectivity index (χ4v) is 2.69. The molecule has 0 atom stereocenters. The number of methoxy groups -OCH3 is 1. The van der Waals surface area contributed by atoms with Gasteiger partial charge in [0.25, 0.3) is 0 Å². The molecule has 0 aromatic heterocycles. The molecule has 5 nitrogen and oxygen atoms in total. The lowest BCUT2D eigenvalue weighted by atomic mass is 10.2. The maximum atomic E-state index is 11.8. The van der Waals surface area contributed by atoms with Gasteiger partial charge >= 0.3 is 0 Å². The Morgan fingerprint density at radius 1 is 1.35 bits per heavy atom. The van der Waals surface area contributed by atoms with E-state index in [-0.39, 0.29) is 5.91 Å². The van der Waals surface area contributed by atoms with E-state index in [0.717, 1.165) is 50.6 Å². The Kier molecular flexibility index (Phi) is 7.10. The van der Waals surface area contributed by atoms with Gasteiger partial charge in [0.05, 0.1) is 7.11 Å². The van der Waals surface area contributed by atoms with Crippen LogP contribution >= 0.6 is 0 Å². The molecular formula is C18H27N3O2. The number of piperazine rings is 1. The van der Waals surface area contributed by atoms with Crippen LogP contribution in [0.15, 0.2) is 30.3 Å². The highest BCUT2D eigenvalue weighted by molar-refractivity contribution is 5.73. The summed E-state index contributed by atoms with van der Waals surface area (Å²) in [6.07, 6.45) is 4.04. The van der Waals surface area contributed by atoms with Gasteiger partial charge in [0.15, 0.2) is 0 Å². The lowest BCUT2D eigenvalue weighted by Gasteiger charge is -2.29. The molecule has 1 fully saturated rings. The largest absolute Gasteiger partial charge is 0.496 e. The molecule has 0 unspecified atom stereocenters. The second-order valence-electron chi connectivity index (χ2n) is 5.70. The number of nitrogens with one attached hydrogen (secondary N) is 1. The third kappa shape index (κ3) is 5.69. The number of amides is 1. The molecule has 0 saturated carbocycles. The van der Waals surface area contributed by atoms with Gasteiger partial charge in [-0.3, -0.25) is 9.69 Å². The van der Waals surface area contributed by atoms with Gasteiger partial charge in [-0.25, -0.2) is 0 Å². The van der Waals surface area contributed by atoms with Crippen LogP contribution in [-0.2, 0) is 4.79 Å². The Hall–Kier alpha value is -1.85. The van der Waals surface area contributed by atoms with Crippen molar-refractivity contribution >= 4 is 12.0 Å². The van der Waals surface area contributed by atoms with Crippen LogP contribution in [0.5, 0.6) is 5.75 Å². The Bertz CT molecular complexity index is 525. The molecule has 23 heavy (non-hydrogen) atoms. The SMILES string of the molecule is COc1ccccc1C=CCN(CCN1CCNCC1)C(C)=O. The van der Waals surface area contributed by atoms with E-state index >= 15 is 0 Å². The minimum absolute atomic E-state index is 0.116. The van der Waals surface area contributed by atoms with Gasteiger partial charge < -0.3 is 15.0 Å². The summed E-state index contributed by atoms with van der Waals surface area (Å²) in [7, 11) is 1.67. The third-order valence-corrected chi connectivity index (χ3v) is 4.10. The van der Waals surface area contributed by atoms with Gasteiger partial charge in [0.2, 0.25) is 5.91 Å². The third-order valence-electron chi connectivity index (χ3n) is 4.10. The minimum Gasteiger partial charge on any atom is -0.496 e. The molecule has 1 amide bonds. The molecule has 2 rings (SSSR count). The quantitative estimate of drug-likeness (QED) is 0.827. The van der Waals surface area contributed by atoms with Crippen molar-refractivity contribution in [2.75, 3.05) is 52.9 Å². The summed E-state index contributed by atoms with van der Waals surface area (Å²) >= 11 is 0. The first-order chi connectivity index (χ1) is 11.2. The summed E-state index contributed by atoms with van der Waals surface area (Å²) in [5.41, 5.74) is 1.03. The Labute approximate surface area is 138 Å². The van der Waals surface area contributed by atoms with E-state index < -0.39 is 0 Å². The van der Waals surface area contributed by atoms with Crippen LogP contribution in [0, 0.1) is 0 Å². The summed E-state index contributed by atoms with van der Waals surface area (Å²) in [6, 6.07) is 7.88. The highest BCUT2D eigenvalue weighted by Gasteiger charge is 2.12. The number of hydrogen-bond acceptors (Lipinski definition) is 4. The summed E-state index contributed by atoms with van der Waals surface area (Å²) in [5, 5.41) is 3.34. The van der Waals surface area contributed by atoms with Crippen LogP contribution in [0.4, 0.5) is 0 Å². The highest BCUT2D eigenvalue weighted by Crippen LogP contribution is 2.18. The molecule has 1 aliphatic heterocycles. The molecule has 1 aromatic rings. The van der Waals surface area contributed by atoms with Crippen LogP contribution in [0.25, 0.3) is 6.08 Å². The Morgan fingerprint density at radius 2 is 2.09 bits per heavy atom. The first-order valence-corrected chi connectivity index (χ1v) is 8.19. The summed E-state index contributed by atoms with van der Waals surface area (Å²) < 4.78 is 5.33. The molecule has 1 heterocycles. The van der Waals surface area contributed by atoms with Crippen molar-refractivity contribution in [1.29, 1.82) is 0 Å². The van der Waals surface area contributed by atoms with E-state index in [0.29, 0.717) is 6.54 Å². The molecule has 126 valence electrons. The second kappa shape index (κ2) is 9.33. The topological polar surface area (TPSA) is 44.8 Å². The predicted molar refractivity (Wildman–Crippen MR) is 93.6 cm³/mol. The number of para-hydroxylation sites is 1. The monoisotopic (exact) mass is 317 g/mol. The summed E-state index contributed by atoms with van der Waals surface area (Å²) in [6.45, 7) is 8.15. The highest BCUT2D eigenvalue weighted by atomic mass is 16.5. The molecule has 1 aromatic carbocycles. The summed E-state index contributed by atoms with van der Waals surface area (Å²) in [4.78, 5) is 16.1. The van der Waals surface area contributed by atoms with Crippen LogP contribution in [0.3, 0.4) is 0 Å². The average molecular weight is 317 g/mol. The number of carbonyl (C=O) groups is 1. The molecule has 0 bridgehead atoms. The van der Waals surface area contributed by atoms with Gasteiger partial charge in [-0.15, -0.1) is 0 Å². The number of rotatable bonds is 7. The first kappa shape index (κ1) is 17.5. The fourth-order valence-electron chi connectivity index (χ4n) is 2.69. The molecule has 1 aliphatic rings. The van der Waals surface area contributed by atoms with E-state index in [9.17, 15) is 4.79 Å². The maximum absolute atomic E-state index is 11.8. The van der Waals surface area contributed by atoms with Crippen molar-refractivity contribution < 1.29 is 9.53 Å². The van der Waals surface area contributed by atoms with Crippen molar-refractivity contribution in [3.63, 3.8) is 0 Å². The maximum Gasteiger partial charge on any atom is 0.219 e. The smallest absolute Gasteiger partial charge is 0.219 e. The van der Waals surface area contributed by atoms with Gasteiger partial charge in [0, 0.05) is 58.3 Å². The molecule has 0 spiro atoms. The zero-order valence-corrected chi connectivity index (χ0v) is 14.1. The van der Waals surface area contributed by atoms with Crippen molar-refractivity contribution in [3.8, 4) is 5.75 Å². The van der Waals surface area contributed by atoms with Gasteiger partial charge in [-0.05, 0) is 6.07 Å². The van der Waals surface area contributed by atoms with Crippen LogP contribution in [0.2, 0.25) is 0 Å². The van der Waals surface area contributed by atoms with Crippen LogP contribution < -0.4 is 10.1 Å². The Morgan fingerprint density at radius 3 is 2.78 bits per heavy atom. The standard InChI is InChI=1S/C18H27N3O2/c1-16(22)21(15-14-20-12-9-19-10-13-20)11-5-7-17-6-3-4-8-18(17)23-2/h3-8,19H,9-15H2,1-2H3. The molecule has 0 radical (unpaired) electrons. The normalized spacial score (nSPS) is 15.7. The lowest BCUT2D eigenvalue weighted by Crippen LogP contribution is -2.46. The van der Waals surface area contributed by atoms with Crippen molar-refractivity contribution in [1.82, 2.24) is 15.1 Å². The van der Waals surface area contributed by atoms with Crippen molar-refractivity contribution in [3.05, 3.63) is 35.9 Å². The molecular weight excluding hydrogens is 290 g/mol. The van der Waals surface area contributed by atoms with E-state index in [1.165, 1.54) is 0 Å².